The molecule has 0 aromatic carbocycles. The maximum absolute atomic E-state index is 9.80. The van der Waals surface area contributed by atoms with E-state index in [2.05, 4.69) is 14.2 Å². The Hall–Kier alpha value is -0.810. The van der Waals surface area contributed by atoms with E-state index in [-0.39, 0.29) is 12.7 Å². The SMILES string of the molecule is O=C1OCCO1.OCC1CO1. The number of carbonyl (C=O) groups excluding carboxylic acids is 1. The fraction of sp³-hybridized carbons (Fsp3) is 0.833. The Bertz CT molecular complexity index is 123. The molecule has 2 saturated heterocycles. The van der Waals surface area contributed by atoms with Crippen molar-refractivity contribution in [3.05, 3.63) is 0 Å². The van der Waals surface area contributed by atoms with Crippen molar-refractivity contribution in [2.45, 2.75) is 6.10 Å². The molecule has 5 heteroatoms. The standard InChI is InChI=1S/C3H4O3.C3H6O2/c4-3-5-1-2-6-3;4-1-3-2-5-3/h1-2H2;3-4H,1-2H2. The fourth-order valence-electron chi connectivity index (χ4n) is 0.465. The summed E-state index contributed by atoms with van der Waals surface area (Å²) in [5, 5.41) is 8.08. The lowest BCUT2D eigenvalue weighted by Crippen LogP contribution is -1.88. The van der Waals surface area contributed by atoms with Gasteiger partial charge in [-0.1, -0.05) is 0 Å². The van der Waals surface area contributed by atoms with Crippen LogP contribution in [0.5, 0.6) is 0 Å². The summed E-state index contributed by atoms with van der Waals surface area (Å²) in [5.74, 6) is 0. The molecule has 0 radical (unpaired) electrons. The van der Waals surface area contributed by atoms with Crippen LogP contribution in [0.25, 0.3) is 0 Å². The third-order valence-corrected chi connectivity index (χ3v) is 1.13. The average Bonchev–Trinajstić information content (AvgIpc) is 2.75. The van der Waals surface area contributed by atoms with Crippen LogP contribution >= 0.6 is 0 Å². The van der Waals surface area contributed by atoms with E-state index < -0.39 is 6.16 Å². The summed E-state index contributed by atoms with van der Waals surface area (Å²) in [5.41, 5.74) is 0. The van der Waals surface area contributed by atoms with E-state index >= 15 is 0 Å². The Balaban J connectivity index is 0.000000112. The van der Waals surface area contributed by atoms with Crippen LogP contribution in [-0.2, 0) is 14.2 Å². The van der Waals surface area contributed by atoms with Gasteiger partial charge in [-0.3, -0.25) is 0 Å². The van der Waals surface area contributed by atoms with Gasteiger partial charge in [0.2, 0.25) is 0 Å². The number of aliphatic hydroxyl groups excluding tert-OH is 1. The topological polar surface area (TPSA) is 68.3 Å². The van der Waals surface area contributed by atoms with E-state index in [1.807, 2.05) is 0 Å². The molecule has 1 N–H and O–H groups in total. The number of hydrogen-bond donors (Lipinski definition) is 1. The van der Waals surface area contributed by atoms with Gasteiger partial charge in [0.15, 0.2) is 0 Å². The molecule has 2 aliphatic heterocycles. The first-order valence-electron chi connectivity index (χ1n) is 3.35. The number of carbonyl (C=O) groups is 1. The van der Waals surface area contributed by atoms with Gasteiger partial charge in [-0.2, -0.15) is 0 Å². The Morgan fingerprint density at radius 2 is 2.00 bits per heavy atom. The molecule has 2 fully saturated rings. The van der Waals surface area contributed by atoms with Crippen molar-refractivity contribution in [3.63, 3.8) is 0 Å². The monoisotopic (exact) mass is 162 g/mol. The minimum atomic E-state index is -0.546. The zero-order valence-corrected chi connectivity index (χ0v) is 5.99. The van der Waals surface area contributed by atoms with Crippen LogP contribution in [0.2, 0.25) is 0 Å². The van der Waals surface area contributed by atoms with E-state index in [0.717, 1.165) is 6.61 Å². The van der Waals surface area contributed by atoms with Gasteiger partial charge in [-0.05, 0) is 0 Å². The first-order valence-corrected chi connectivity index (χ1v) is 3.35. The second kappa shape index (κ2) is 4.15. The van der Waals surface area contributed by atoms with Crippen LogP contribution in [0.4, 0.5) is 4.79 Å². The summed E-state index contributed by atoms with van der Waals surface area (Å²) in [4.78, 5) is 9.80. The summed E-state index contributed by atoms with van der Waals surface area (Å²) >= 11 is 0. The molecular weight excluding hydrogens is 152 g/mol. The maximum Gasteiger partial charge on any atom is 0.508 e. The Morgan fingerprint density at radius 3 is 2.09 bits per heavy atom. The maximum atomic E-state index is 9.80. The molecule has 0 aliphatic carbocycles. The third-order valence-electron chi connectivity index (χ3n) is 1.13. The van der Waals surface area contributed by atoms with E-state index in [4.69, 9.17) is 5.11 Å². The van der Waals surface area contributed by atoms with Gasteiger partial charge in [0.25, 0.3) is 0 Å². The molecule has 1 unspecified atom stereocenters. The van der Waals surface area contributed by atoms with Crippen molar-refractivity contribution in [2.75, 3.05) is 26.4 Å². The first kappa shape index (κ1) is 8.29. The first-order chi connectivity index (χ1) is 5.33. The fourth-order valence-corrected chi connectivity index (χ4v) is 0.465. The number of ether oxygens (including phenoxy) is 3. The normalized spacial score (nSPS) is 26.3. The Labute approximate surface area is 63.9 Å². The second-order valence-corrected chi connectivity index (χ2v) is 2.08. The van der Waals surface area contributed by atoms with Crippen molar-refractivity contribution in [3.8, 4) is 0 Å². The summed E-state index contributed by atoms with van der Waals surface area (Å²) < 4.78 is 13.2. The van der Waals surface area contributed by atoms with Crippen LogP contribution < -0.4 is 0 Å². The minimum absolute atomic E-state index is 0.190. The van der Waals surface area contributed by atoms with Crippen molar-refractivity contribution >= 4 is 6.16 Å². The Morgan fingerprint density at radius 1 is 1.45 bits per heavy atom. The predicted molar refractivity (Wildman–Crippen MR) is 34.1 cm³/mol. The van der Waals surface area contributed by atoms with Crippen LogP contribution in [0.15, 0.2) is 0 Å². The number of hydrogen-bond acceptors (Lipinski definition) is 5. The van der Waals surface area contributed by atoms with Gasteiger partial charge in [-0.25, -0.2) is 4.79 Å². The smallest absolute Gasteiger partial charge is 0.431 e. The van der Waals surface area contributed by atoms with E-state index in [1.165, 1.54) is 0 Å². The lowest BCUT2D eigenvalue weighted by atomic mass is 10.5. The predicted octanol–water partition coefficient (Wildman–Crippen LogP) is -0.469. The van der Waals surface area contributed by atoms with Crippen LogP contribution in [-0.4, -0.2) is 43.8 Å². The molecule has 0 bridgehead atoms. The highest BCUT2D eigenvalue weighted by molar-refractivity contribution is 5.61. The summed E-state index contributed by atoms with van der Waals surface area (Å²) in [6, 6.07) is 0. The molecular formula is C6H10O5. The number of epoxide rings is 1. The summed E-state index contributed by atoms with van der Waals surface area (Å²) in [6.07, 6.45) is -0.356. The second-order valence-electron chi connectivity index (χ2n) is 2.08. The van der Waals surface area contributed by atoms with Gasteiger partial charge >= 0.3 is 6.16 Å². The van der Waals surface area contributed by atoms with E-state index in [0.29, 0.717) is 13.2 Å². The summed E-state index contributed by atoms with van der Waals surface area (Å²) in [7, 11) is 0. The highest BCUT2D eigenvalue weighted by atomic mass is 16.8. The van der Waals surface area contributed by atoms with Crippen LogP contribution in [0.3, 0.4) is 0 Å². The number of cyclic esters (lactones) is 2. The molecule has 11 heavy (non-hydrogen) atoms. The van der Waals surface area contributed by atoms with Gasteiger partial charge < -0.3 is 19.3 Å². The lowest BCUT2D eigenvalue weighted by molar-refractivity contribution is 0.131. The van der Waals surface area contributed by atoms with Gasteiger partial charge in [-0.15, -0.1) is 0 Å². The molecule has 64 valence electrons. The van der Waals surface area contributed by atoms with Crippen LogP contribution in [0.1, 0.15) is 0 Å². The highest BCUT2D eigenvalue weighted by Gasteiger charge is 2.19. The quantitative estimate of drug-likeness (QED) is 0.417. The lowest BCUT2D eigenvalue weighted by Gasteiger charge is -1.78. The average molecular weight is 162 g/mol. The van der Waals surface area contributed by atoms with Crippen molar-refractivity contribution in [2.24, 2.45) is 0 Å². The molecule has 2 heterocycles. The number of aliphatic hydroxyl groups is 1. The third kappa shape index (κ3) is 3.79. The molecule has 2 rings (SSSR count). The largest absolute Gasteiger partial charge is 0.508 e. The molecule has 5 nitrogen and oxygen atoms in total. The van der Waals surface area contributed by atoms with Crippen LogP contribution in [0, 0.1) is 0 Å². The summed E-state index contributed by atoms with van der Waals surface area (Å²) in [6.45, 7) is 1.79. The van der Waals surface area contributed by atoms with Gasteiger partial charge in [0.05, 0.1) is 13.2 Å². The molecule has 0 saturated carbocycles. The molecule has 0 aromatic rings. The molecule has 2 aliphatic rings. The molecule has 0 aromatic heterocycles. The minimum Gasteiger partial charge on any atom is -0.431 e. The zero-order valence-electron chi connectivity index (χ0n) is 5.99. The highest BCUT2D eigenvalue weighted by Crippen LogP contribution is 2.04. The van der Waals surface area contributed by atoms with E-state index in [9.17, 15) is 4.79 Å². The Kier molecular flexibility index (Phi) is 3.13. The molecule has 0 spiro atoms. The van der Waals surface area contributed by atoms with Crippen molar-refractivity contribution in [1.29, 1.82) is 0 Å². The zero-order chi connectivity index (χ0) is 8.10. The van der Waals surface area contributed by atoms with Gasteiger partial charge in [0.1, 0.15) is 19.3 Å². The van der Waals surface area contributed by atoms with E-state index in [1.54, 1.807) is 0 Å². The molecule has 1 atom stereocenters. The number of rotatable bonds is 1. The van der Waals surface area contributed by atoms with Gasteiger partial charge in [0, 0.05) is 0 Å². The van der Waals surface area contributed by atoms with Crippen molar-refractivity contribution in [1.82, 2.24) is 0 Å². The molecule has 0 amide bonds. The van der Waals surface area contributed by atoms with Crippen molar-refractivity contribution < 1.29 is 24.1 Å².